The lowest BCUT2D eigenvalue weighted by Crippen LogP contribution is -2.40. The average Bonchev–Trinajstić information content (AvgIpc) is 3.54. The second-order valence-electron chi connectivity index (χ2n) is 10.1. The van der Waals surface area contributed by atoms with Crippen LogP contribution in [-0.2, 0) is 14.8 Å². The number of carbonyl (C=O) groups excluding carboxylic acids is 3. The smallest absolute Gasteiger partial charge is 0.251 e. The molecule has 0 unspecified atom stereocenters. The largest absolute Gasteiger partial charge is 0.455 e. The van der Waals surface area contributed by atoms with Gasteiger partial charge < -0.3 is 15.1 Å². The molecule has 5 rings (SSSR count). The Morgan fingerprint density at radius 3 is 2.43 bits per heavy atom. The number of carbonyl (C=O) groups is 3. The molecular weight excluding hydrogens is 561 g/mol. The maximum atomic E-state index is 13.7. The Hall–Kier alpha value is -4.51. The molecule has 3 aromatic carbocycles. The summed E-state index contributed by atoms with van der Waals surface area (Å²) in [7, 11) is -3.74. The van der Waals surface area contributed by atoms with Gasteiger partial charge >= 0.3 is 0 Å². The van der Waals surface area contributed by atoms with E-state index in [2.05, 4.69) is 10.6 Å². The fraction of sp³-hybridized carbons (Fsp3) is 0.258. The number of halogens is 1. The van der Waals surface area contributed by atoms with Crippen molar-refractivity contribution in [2.75, 3.05) is 23.7 Å². The van der Waals surface area contributed by atoms with Gasteiger partial charge in [0.05, 0.1) is 17.5 Å². The zero-order chi connectivity index (χ0) is 30.2. The molecule has 2 amide bonds. The van der Waals surface area contributed by atoms with Gasteiger partial charge in [-0.3, -0.25) is 18.7 Å². The number of benzene rings is 3. The standard InChI is InChI=1S/C31H30FN3O6S/c1-4-26(36)28-23-16-22(19-7-6-8-20(15-19)30(37)34-24-13-14-33-31(24)38)25(35(5-2)42(3,39)40)17-27(23)41-29(28)18-9-11-21(32)12-10-18/h6-12,15-17,24H,4-5,13-14H2,1-3H3,(H,33,38)(H,34,37)/t24-/m0/s1. The monoisotopic (exact) mass is 591 g/mol. The van der Waals surface area contributed by atoms with Gasteiger partial charge in [-0.05, 0) is 61.4 Å². The first-order chi connectivity index (χ1) is 20.0. The lowest BCUT2D eigenvalue weighted by atomic mass is 9.95. The van der Waals surface area contributed by atoms with E-state index in [4.69, 9.17) is 4.42 Å². The van der Waals surface area contributed by atoms with Gasteiger partial charge in [0.1, 0.15) is 23.2 Å². The number of Topliss-reactive ketones (excluding diaryl/α,β-unsaturated/α-hetero) is 1. The Labute approximate surface area is 242 Å². The first kappa shape index (κ1) is 29.0. The number of furan rings is 1. The Morgan fingerprint density at radius 1 is 1.07 bits per heavy atom. The lowest BCUT2D eigenvalue weighted by Gasteiger charge is -2.24. The third-order valence-corrected chi connectivity index (χ3v) is 8.51. The Bertz CT molecular complexity index is 1810. The first-order valence-electron chi connectivity index (χ1n) is 13.6. The number of nitrogens with one attached hydrogen (secondary N) is 2. The molecule has 1 aromatic heterocycles. The number of hydrogen-bond acceptors (Lipinski definition) is 6. The molecule has 2 N–H and O–H groups in total. The van der Waals surface area contributed by atoms with Crippen LogP contribution in [0.1, 0.15) is 47.4 Å². The molecule has 1 aliphatic rings. The summed E-state index contributed by atoms with van der Waals surface area (Å²) in [6, 6.07) is 14.8. The van der Waals surface area contributed by atoms with E-state index < -0.39 is 27.8 Å². The maximum absolute atomic E-state index is 13.7. The maximum Gasteiger partial charge on any atom is 0.251 e. The number of rotatable bonds is 9. The summed E-state index contributed by atoms with van der Waals surface area (Å²) in [6.07, 6.45) is 1.75. The molecule has 0 aliphatic carbocycles. The van der Waals surface area contributed by atoms with Gasteiger partial charge in [-0.2, -0.15) is 0 Å². The van der Waals surface area contributed by atoms with E-state index in [0.717, 1.165) is 6.26 Å². The summed E-state index contributed by atoms with van der Waals surface area (Å²) in [4.78, 5) is 38.3. The highest BCUT2D eigenvalue weighted by Crippen LogP contribution is 2.42. The summed E-state index contributed by atoms with van der Waals surface area (Å²) in [6.45, 7) is 4.01. The summed E-state index contributed by atoms with van der Waals surface area (Å²) in [5, 5.41) is 5.89. The number of ketones is 1. The van der Waals surface area contributed by atoms with E-state index in [1.165, 1.54) is 28.6 Å². The van der Waals surface area contributed by atoms with Crippen molar-refractivity contribution in [3.63, 3.8) is 0 Å². The van der Waals surface area contributed by atoms with Gasteiger partial charge in [0.2, 0.25) is 15.9 Å². The predicted octanol–water partition coefficient (Wildman–Crippen LogP) is 4.90. The topological polar surface area (TPSA) is 126 Å². The van der Waals surface area contributed by atoms with Crippen molar-refractivity contribution in [2.24, 2.45) is 0 Å². The Balaban J connectivity index is 1.72. The second-order valence-corrected chi connectivity index (χ2v) is 12.0. The molecular formula is C31H30FN3O6S. The molecule has 1 aliphatic heterocycles. The average molecular weight is 592 g/mol. The number of fused-ring (bicyclic) bond motifs is 1. The molecule has 218 valence electrons. The van der Waals surface area contributed by atoms with E-state index in [-0.39, 0.29) is 41.6 Å². The van der Waals surface area contributed by atoms with Gasteiger partial charge in [0.15, 0.2) is 5.78 Å². The van der Waals surface area contributed by atoms with Crippen molar-refractivity contribution in [3.8, 4) is 22.5 Å². The highest BCUT2D eigenvalue weighted by molar-refractivity contribution is 7.92. The van der Waals surface area contributed by atoms with Gasteiger partial charge in [-0.1, -0.05) is 19.1 Å². The van der Waals surface area contributed by atoms with E-state index >= 15 is 0 Å². The predicted molar refractivity (Wildman–Crippen MR) is 158 cm³/mol. The lowest BCUT2D eigenvalue weighted by molar-refractivity contribution is -0.120. The van der Waals surface area contributed by atoms with Crippen molar-refractivity contribution in [1.82, 2.24) is 10.6 Å². The number of nitrogens with zero attached hydrogens (tertiary/aromatic N) is 1. The van der Waals surface area contributed by atoms with Gasteiger partial charge in [0, 0.05) is 47.7 Å². The van der Waals surface area contributed by atoms with Crippen LogP contribution >= 0.6 is 0 Å². The molecule has 1 saturated heterocycles. The third kappa shape index (κ3) is 5.52. The first-order valence-corrected chi connectivity index (χ1v) is 15.4. The van der Waals surface area contributed by atoms with Gasteiger partial charge in [0.25, 0.3) is 5.91 Å². The molecule has 0 bridgehead atoms. The minimum Gasteiger partial charge on any atom is -0.455 e. The van der Waals surface area contributed by atoms with E-state index in [0.29, 0.717) is 46.3 Å². The molecule has 4 aromatic rings. The quantitative estimate of drug-likeness (QED) is 0.267. The van der Waals surface area contributed by atoms with Gasteiger partial charge in [-0.25, -0.2) is 12.8 Å². The van der Waals surface area contributed by atoms with Crippen molar-refractivity contribution in [1.29, 1.82) is 0 Å². The van der Waals surface area contributed by atoms with Gasteiger partial charge in [-0.15, -0.1) is 0 Å². The zero-order valence-corrected chi connectivity index (χ0v) is 24.2. The molecule has 0 saturated carbocycles. The molecule has 1 atom stereocenters. The Morgan fingerprint density at radius 2 is 1.81 bits per heavy atom. The summed E-state index contributed by atoms with van der Waals surface area (Å²) < 4.78 is 46.8. The molecule has 2 heterocycles. The van der Waals surface area contributed by atoms with Crippen LogP contribution in [0.15, 0.2) is 65.1 Å². The van der Waals surface area contributed by atoms with E-state index in [9.17, 15) is 27.2 Å². The van der Waals surface area contributed by atoms with Crippen LogP contribution in [0.25, 0.3) is 33.4 Å². The van der Waals surface area contributed by atoms with Crippen molar-refractivity contribution >= 4 is 44.3 Å². The minimum atomic E-state index is -3.74. The van der Waals surface area contributed by atoms with Crippen LogP contribution in [0.5, 0.6) is 0 Å². The van der Waals surface area contributed by atoms with Crippen LogP contribution in [-0.4, -0.2) is 51.4 Å². The molecule has 42 heavy (non-hydrogen) atoms. The van der Waals surface area contributed by atoms with Crippen molar-refractivity contribution in [3.05, 3.63) is 77.6 Å². The second kappa shape index (κ2) is 11.4. The van der Waals surface area contributed by atoms with E-state index in [1.54, 1.807) is 50.2 Å². The van der Waals surface area contributed by atoms with Crippen molar-refractivity contribution < 1.29 is 31.6 Å². The highest BCUT2D eigenvalue weighted by Gasteiger charge is 2.28. The summed E-state index contributed by atoms with van der Waals surface area (Å²) in [5.41, 5.74) is 2.65. The Kier molecular flexibility index (Phi) is 7.87. The molecule has 1 fully saturated rings. The van der Waals surface area contributed by atoms with Crippen LogP contribution < -0.4 is 14.9 Å². The normalized spacial score (nSPS) is 15.0. The number of amides is 2. The molecule has 0 spiro atoms. The summed E-state index contributed by atoms with van der Waals surface area (Å²) >= 11 is 0. The van der Waals surface area contributed by atoms with Crippen molar-refractivity contribution in [2.45, 2.75) is 32.7 Å². The fourth-order valence-electron chi connectivity index (χ4n) is 5.21. The molecule has 9 nitrogen and oxygen atoms in total. The van der Waals surface area contributed by atoms with Crippen LogP contribution in [0, 0.1) is 5.82 Å². The van der Waals surface area contributed by atoms with Crippen LogP contribution in [0.2, 0.25) is 0 Å². The van der Waals surface area contributed by atoms with Crippen LogP contribution in [0.3, 0.4) is 0 Å². The molecule has 0 radical (unpaired) electrons. The molecule has 11 heteroatoms. The minimum absolute atomic E-state index is 0.112. The fourth-order valence-corrected chi connectivity index (χ4v) is 6.19. The number of anilines is 1. The zero-order valence-electron chi connectivity index (χ0n) is 23.4. The summed E-state index contributed by atoms with van der Waals surface area (Å²) in [5.74, 6) is -1.08. The van der Waals surface area contributed by atoms with E-state index in [1.807, 2.05) is 0 Å². The third-order valence-electron chi connectivity index (χ3n) is 7.26. The van der Waals surface area contributed by atoms with Crippen LogP contribution in [0.4, 0.5) is 10.1 Å². The highest BCUT2D eigenvalue weighted by atomic mass is 32.2. The number of sulfonamides is 1. The number of hydrogen-bond donors (Lipinski definition) is 2. The SMILES string of the molecule is CCC(=O)c1c(-c2ccc(F)cc2)oc2cc(N(CC)S(C)(=O)=O)c(-c3cccc(C(=O)N[C@H]4CCNC4=O)c3)cc12.